The Morgan fingerprint density at radius 2 is 1.60 bits per heavy atom. The zero-order chi connectivity index (χ0) is 42.6. The summed E-state index contributed by atoms with van der Waals surface area (Å²) >= 11 is 3.63. The molecule has 1 saturated heterocycles. The molecule has 2 aromatic heterocycles. The molecular weight excluding hydrogens is 829 g/mol. The minimum atomic E-state index is -1.30. The first-order valence-corrected chi connectivity index (χ1v) is 21.4. The SMILES string of the molecule is CC(O/N=C(\C(=O)N[C@@H]1C(=O)N2C(C(=O)O)=C(CSc3nnnn3N)CS[C@@H]12)c1csc(NC(c2ccccc2)(c2ccccc2)c2ccccc2)n1)C(=O)OC(C)(C)C. The molecule has 0 aliphatic carbocycles. The van der Waals surface area contributed by atoms with Gasteiger partial charge in [0.15, 0.2) is 10.8 Å². The van der Waals surface area contributed by atoms with E-state index in [0.717, 1.165) is 38.1 Å². The topological polar surface area (TPSA) is 229 Å². The highest BCUT2D eigenvalue weighted by atomic mass is 32.2. The number of benzene rings is 3. The number of thiazole rings is 1. The van der Waals surface area contributed by atoms with Crippen molar-refractivity contribution in [2.45, 2.75) is 61.5 Å². The minimum absolute atomic E-state index is 0.0899. The second-order valence-electron chi connectivity index (χ2n) is 14.5. The van der Waals surface area contributed by atoms with Crippen LogP contribution in [-0.4, -0.2) is 99.4 Å². The molecule has 1 unspecified atom stereocenters. The Balaban J connectivity index is 1.19. The lowest BCUT2D eigenvalue weighted by Gasteiger charge is -2.49. The molecule has 2 aliphatic rings. The first-order chi connectivity index (χ1) is 28.8. The molecule has 3 atom stereocenters. The van der Waals surface area contributed by atoms with Crippen LogP contribution in [0, 0.1) is 0 Å². The molecule has 1 fully saturated rings. The van der Waals surface area contributed by atoms with E-state index in [9.17, 15) is 24.3 Å². The van der Waals surface area contributed by atoms with Crippen molar-refractivity contribution in [1.29, 1.82) is 0 Å². The van der Waals surface area contributed by atoms with Crippen LogP contribution in [0.3, 0.4) is 0 Å². The molecule has 17 nitrogen and oxygen atoms in total. The Hall–Kier alpha value is -6.25. The van der Waals surface area contributed by atoms with E-state index in [1.807, 2.05) is 91.0 Å². The number of nitrogens with one attached hydrogen (secondary N) is 2. The number of fused-ring (bicyclic) bond motifs is 1. The first kappa shape index (κ1) is 41.9. The van der Waals surface area contributed by atoms with Gasteiger partial charge in [0.25, 0.3) is 11.8 Å². The molecule has 4 heterocycles. The number of aliphatic carboxylic acids is 1. The maximum absolute atomic E-state index is 14.2. The van der Waals surface area contributed by atoms with Gasteiger partial charge < -0.3 is 31.2 Å². The lowest BCUT2D eigenvalue weighted by atomic mass is 9.77. The molecular formula is C40H40N10O7S3. The highest BCUT2D eigenvalue weighted by Crippen LogP contribution is 2.43. The number of anilines is 1. The van der Waals surface area contributed by atoms with Crippen LogP contribution in [-0.2, 0) is 34.3 Å². The maximum atomic E-state index is 14.2. The van der Waals surface area contributed by atoms with E-state index in [4.69, 9.17) is 20.4 Å². The number of thioether (sulfide) groups is 2. The largest absolute Gasteiger partial charge is 0.477 e. The van der Waals surface area contributed by atoms with Crippen LogP contribution < -0.4 is 16.5 Å². The van der Waals surface area contributed by atoms with Crippen molar-refractivity contribution >= 4 is 69.5 Å². The number of tetrazole rings is 1. The Morgan fingerprint density at radius 3 is 2.13 bits per heavy atom. The number of aromatic nitrogens is 5. The highest BCUT2D eigenvalue weighted by molar-refractivity contribution is 8.01. The fourth-order valence-corrected chi connectivity index (χ4v) is 9.61. The van der Waals surface area contributed by atoms with E-state index in [-0.39, 0.29) is 33.8 Å². The molecule has 310 valence electrons. The van der Waals surface area contributed by atoms with Crippen molar-refractivity contribution in [2.24, 2.45) is 5.16 Å². The van der Waals surface area contributed by atoms with E-state index in [0.29, 0.717) is 10.7 Å². The quantitative estimate of drug-likeness (QED) is 0.0220. The molecule has 0 saturated carbocycles. The number of carbonyl (C=O) groups is 4. The molecule has 60 heavy (non-hydrogen) atoms. The van der Waals surface area contributed by atoms with Crippen molar-refractivity contribution in [3.63, 3.8) is 0 Å². The second kappa shape index (κ2) is 17.5. The van der Waals surface area contributed by atoms with Gasteiger partial charge >= 0.3 is 11.9 Å². The number of amides is 2. The molecule has 3 aromatic carbocycles. The summed E-state index contributed by atoms with van der Waals surface area (Å²) in [5, 5.41) is 33.2. The second-order valence-corrected chi connectivity index (χ2v) is 17.5. The van der Waals surface area contributed by atoms with E-state index >= 15 is 0 Å². The number of β-lactam (4-membered cyclic amide) rings is 1. The molecule has 5 N–H and O–H groups in total. The standard InChI is InChI=1S/C40H40N10O7S3/c1-23(36(55)56-39(2,3)4)57-46-29(32(51)43-30-33(52)49-31(35(53)54)24(20-58-34(30)49)21-60-38-45-47-48-50(38)41)28-22-59-37(42-28)44-40(25-14-8-5-9-15-25,26-16-10-6-11-17-26)27-18-12-7-13-19-27/h5-19,22-23,30,34H,20-21,41H2,1-4H3,(H,42,44)(H,43,51)(H,53,54)/b46-29-/t23?,30-,34+/m1/s1. The summed E-state index contributed by atoms with van der Waals surface area (Å²) in [5.74, 6) is 2.63. The van der Waals surface area contributed by atoms with Gasteiger partial charge in [-0.3, -0.25) is 14.5 Å². The Labute approximate surface area is 356 Å². The third-order valence-electron chi connectivity index (χ3n) is 9.29. The Bertz CT molecular complexity index is 2340. The number of ether oxygens (including phenoxy) is 1. The van der Waals surface area contributed by atoms with E-state index in [1.54, 1.807) is 26.2 Å². The van der Waals surface area contributed by atoms with Gasteiger partial charge in [-0.05, 0) is 60.4 Å². The monoisotopic (exact) mass is 868 g/mol. The normalized spacial score (nSPS) is 17.3. The van der Waals surface area contributed by atoms with Crippen molar-refractivity contribution < 1.29 is 33.9 Å². The summed E-state index contributed by atoms with van der Waals surface area (Å²) in [6.07, 6.45) is -1.22. The summed E-state index contributed by atoms with van der Waals surface area (Å²) in [6, 6.07) is 28.6. The highest BCUT2D eigenvalue weighted by Gasteiger charge is 2.54. The van der Waals surface area contributed by atoms with Crippen molar-refractivity contribution in [2.75, 3.05) is 22.7 Å². The van der Waals surface area contributed by atoms with Gasteiger partial charge in [-0.2, -0.15) is 0 Å². The van der Waals surface area contributed by atoms with E-state index in [1.165, 1.54) is 30.0 Å². The number of hydrogen-bond acceptors (Lipinski definition) is 16. The first-order valence-electron chi connectivity index (χ1n) is 18.5. The van der Waals surface area contributed by atoms with Gasteiger partial charge in [0.1, 0.15) is 33.9 Å². The van der Waals surface area contributed by atoms with Gasteiger partial charge in [-0.15, -0.1) is 27.9 Å². The average Bonchev–Trinajstić information content (AvgIpc) is 3.88. The molecule has 0 radical (unpaired) electrons. The number of rotatable bonds is 15. The summed E-state index contributed by atoms with van der Waals surface area (Å²) in [5.41, 5.74) is 1.07. The van der Waals surface area contributed by atoms with Crippen molar-refractivity contribution in [1.82, 2.24) is 35.5 Å². The van der Waals surface area contributed by atoms with Gasteiger partial charge in [-0.25, -0.2) is 14.6 Å². The summed E-state index contributed by atoms with van der Waals surface area (Å²) in [7, 11) is 0. The van der Waals surface area contributed by atoms with Gasteiger partial charge in [0.2, 0.25) is 11.3 Å². The molecule has 0 spiro atoms. The number of nitrogen functional groups attached to an aromatic ring is 1. The molecule has 7 rings (SSSR count). The number of carbonyl (C=O) groups excluding carboxylic acids is 3. The molecule has 0 bridgehead atoms. The Kier molecular flexibility index (Phi) is 12.2. The van der Waals surface area contributed by atoms with Gasteiger partial charge in [0.05, 0.1) is 0 Å². The zero-order valence-electron chi connectivity index (χ0n) is 32.7. The van der Waals surface area contributed by atoms with Crippen LogP contribution in [0.25, 0.3) is 0 Å². The lowest BCUT2D eigenvalue weighted by molar-refractivity contribution is -0.167. The third-order valence-corrected chi connectivity index (χ3v) is 12.4. The molecule has 5 aromatic rings. The third kappa shape index (κ3) is 8.70. The van der Waals surface area contributed by atoms with Crippen LogP contribution in [0.4, 0.5) is 5.13 Å². The summed E-state index contributed by atoms with van der Waals surface area (Å²) in [6.45, 7) is 6.57. The fourth-order valence-electron chi connectivity index (χ4n) is 6.58. The Morgan fingerprint density at radius 1 is 1.00 bits per heavy atom. The average molecular weight is 869 g/mol. The number of oxime groups is 1. The van der Waals surface area contributed by atoms with E-state index in [2.05, 4.69) is 31.3 Å². The lowest BCUT2D eigenvalue weighted by Crippen LogP contribution is -2.71. The van der Waals surface area contributed by atoms with E-state index < -0.39 is 52.4 Å². The molecule has 2 aliphatic heterocycles. The number of nitrogens with two attached hydrogens (primary N) is 1. The van der Waals surface area contributed by atoms with Crippen molar-refractivity contribution in [3.05, 3.63) is 130 Å². The number of carboxylic acid groups (broad SMARTS) is 1. The fraction of sp³-hybridized carbons (Fsp3) is 0.275. The van der Waals surface area contributed by atoms with Crippen molar-refractivity contribution in [3.8, 4) is 0 Å². The zero-order valence-corrected chi connectivity index (χ0v) is 35.2. The minimum Gasteiger partial charge on any atom is -0.477 e. The van der Waals surface area contributed by atoms with Crippen LogP contribution in [0.1, 0.15) is 50.1 Å². The summed E-state index contributed by atoms with van der Waals surface area (Å²) in [4.78, 5) is 65.8. The smallest absolute Gasteiger partial charge is 0.352 e. The van der Waals surface area contributed by atoms with Gasteiger partial charge in [-0.1, -0.05) is 113 Å². The number of hydrogen-bond donors (Lipinski definition) is 4. The maximum Gasteiger partial charge on any atom is 0.352 e. The number of carboxylic acids is 1. The molecule has 2 amide bonds. The van der Waals surface area contributed by atoms with Gasteiger partial charge in [0, 0.05) is 16.9 Å². The summed E-state index contributed by atoms with van der Waals surface area (Å²) < 4.78 is 5.45. The predicted molar refractivity (Wildman–Crippen MR) is 226 cm³/mol. The van der Waals surface area contributed by atoms with Crippen LogP contribution >= 0.6 is 34.9 Å². The van der Waals surface area contributed by atoms with Crippen LogP contribution in [0.15, 0.2) is 118 Å². The number of esters is 1. The number of nitrogens with zero attached hydrogens (tertiary/aromatic N) is 7. The predicted octanol–water partition coefficient (Wildman–Crippen LogP) is 4.23. The van der Waals surface area contributed by atoms with Crippen LogP contribution in [0.2, 0.25) is 0 Å². The molecule has 20 heteroatoms. The van der Waals surface area contributed by atoms with Crippen LogP contribution in [0.5, 0.6) is 0 Å².